The van der Waals surface area contributed by atoms with Gasteiger partial charge in [-0.3, -0.25) is 0 Å². The lowest BCUT2D eigenvalue weighted by molar-refractivity contribution is 0.0284. The number of likely N-dealkylation sites (tertiary alicyclic amines) is 1. The summed E-state index contributed by atoms with van der Waals surface area (Å²) in [4.78, 5) is 25.3. The third-order valence-corrected chi connectivity index (χ3v) is 3.80. The minimum absolute atomic E-state index is 0.0572. The Morgan fingerprint density at radius 1 is 1.32 bits per heavy atom. The smallest absolute Gasteiger partial charge is 0.410 e. The first-order chi connectivity index (χ1) is 11.7. The van der Waals surface area contributed by atoms with Crippen molar-refractivity contribution in [2.24, 2.45) is 5.92 Å². The third kappa shape index (κ3) is 5.27. The van der Waals surface area contributed by atoms with E-state index in [1.54, 1.807) is 11.0 Å². The lowest BCUT2D eigenvalue weighted by Crippen LogP contribution is -2.35. The number of ether oxygens (including phenoxy) is 3. The average Bonchev–Trinajstić information content (AvgIpc) is 3.01. The first-order valence-corrected chi connectivity index (χ1v) is 8.21. The fourth-order valence-corrected chi connectivity index (χ4v) is 2.55. The molecule has 0 aliphatic carbocycles. The van der Waals surface area contributed by atoms with Gasteiger partial charge in [-0.15, -0.1) is 0 Å². The van der Waals surface area contributed by atoms with E-state index in [4.69, 9.17) is 9.47 Å². The summed E-state index contributed by atoms with van der Waals surface area (Å²) in [6, 6.07) is 4.42. The van der Waals surface area contributed by atoms with E-state index in [1.165, 1.54) is 19.2 Å². The number of hydrogen-bond donors (Lipinski definition) is 1. The second-order valence-electron chi connectivity index (χ2n) is 7.06. The summed E-state index contributed by atoms with van der Waals surface area (Å²) in [5.41, 5.74) is -0.455. The van der Waals surface area contributed by atoms with Gasteiger partial charge in [0.05, 0.1) is 13.7 Å². The number of nitrogens with zero attached hydrogens (tertiary/aromatic N) is 1. The van der Waals surface area contributed by atoms with Crippen LogP contribution in [0.2, 0.25) is 0 Å². The highest BCUT2D eigenvalue weighted by molar-refractivity contribution is 5.92. The van der Waals surface area contributed by atoms with Crippen molar-refractivity contribution in [1.29, 1.82) is 0 Å². The van der Waals surface area contributed by atoms with E-state index >= 15 is 0 Å². The Hall–Kier alpha value is -2.44. The molecule has 0 bridgehead atoms. The summed E-state index contributed by atoms with van der Waals surface area (Å²) in [6.45, 7) is 7.12. The molecule has 0 saturated carbocycles. The summed E-state index contributed by atoms with van der Waals surface area (Å²) in [7, 11) is 1.25. The molecule has 25 heavy (non-hydrogen) atoms. The van der Waals surface area contributed by atoms with Crippen molar-refractivity contribution in [2.75, 3.05) is 26.8 Å². The van der Waals surface area contributed by atoms with Crippen LogP contribution in [0.3, 0.4) is 0 Å². The number of phenols is 1. The Kier molecular flexibility index (Phi) is 5.77. The Morgan fingerprint density at radius 3 is 2.68 bits per heavy atom. The van der Waals surface area contributed by atoms with E-state index in [2.05, 4.69) is 4.74 Å². The number of benzene rings is 1. The first-order valence-electron chi connectivity index (χ1n) is 8.21. The SMILES string of the molecule is COC(=O)c1cc(OCC2CCN(C(=O)OC(C)(C)C)C2)ccc1O. The minimum Gasteiger partial charge on any atom is -0.507 e. The van der Waals surface area contributed by atoms with Crippen molar-refractivity contribution in [3.05, 3.63) is 23.8 Å². The summed E-state index contributed by atoms with van der Waals surface area (Å²) < 4.78 is 15.7. The highest BCUT2D eigenvalue weighted by Gasteiger charge is 2.30. The zero-order valence-corrected chi connectivity index (χ0v) is 15.1. The third-order valence-electron chi connectivity index (χ3n) is 3.80. The number of hydrogen-bond acceptors (Lipinski definition) is 6. The van der Waals surface area contributed by atoms with Gasteiger partial charge in [0.25, 0.3) is 0 Å². The largest absolute Gasteiger partial charge is 0.507 e. The molecule has 1 aromatic rings. The summed E-state index contributed by atoms with van der Waals surface area (Å²) in [6.07, 6.45) is 0.508. The molecule has 2 rings (SSSR count). The van der Waals surface area contributed by atoms with Gasteiger partial charge >= 0.3 is 12.1 Å². The van der Waals surface area contributed by atoms with Crippen molar-refractivity contribution in [3.63, 3.8) is 0 Å². The van der Waals surface area contributed by atoms with Crippen molar-refractivity contribution >= 4 is 12.1 Å². The summed E-state index contributed by atoms with van der Waals surface area (Å²) in [5, 5.41) is 9.69. The summed E-state index contributed by atoms with van der Waals surface area (Å²) >= 11 is 0. The minimum atomic E-state index is -0.625. The molecule has 1 fully saturated rings. The zero-order chi connectivity index (χ0) is 18.6. The number of aromatic hydroxyl groups is 1. The lowest BCUT2D eigenvalue weighted by atomic mass is 10.1. The molecule has 1 aromatic carbocycles. The van der Waals surface area contributed by atoms with Crippen molar-refractivity contribution in [2.45, 2.75) is 32.8 Å². The van der Waals surface area contributed by atoms with Crippen LogP contribution in [0.4, 0.5) is 4.79 Å². The number of phenolic OH excluding ortho intramolecular Hbond substituents is 1. The van der Waals surface area contributed by atoms with E-state index in [0.29, 0.717) is 25.4 Å². The number of methoxy groups -OCH3 is 1. The molecule has 0 spiro atoms. The maximum atomic E-state index is 12.1. The predicted octanol–water partition coefficient (Wildman–Crippen LogP) is 2.81. The van der Waals surface area contributed by atoms with Gasteiger partial charge in [-0.25, -0.2) is 9.59 Å². The van der Waals surface area contributed by atoms with Crippen LogP contribution in [0.1, 0.15) is 37.6 Å². The number of carbonyl (C=O) groups excluding carboxylic acids is 2. The Balaban J connectivity index is 1.89. The van der Waals surface area contributed by atoms with Crippen LogP contribution >= 0.6 is 0 Å². The van der Waals surface area contributed by atoms with E-state index < -0.39 is 11.6 Å². The Labute approximate surface area is 147 Å². The quantitative estimate of drug-likeness (QED) is 0.840. The number of esters is 1. The standard InChI is InChI=1S/C18H25NO6/c1-18(2,3)25-17(22)19-8-7-12(10-19)11-24-13-5-6-15(20)14(9-13)16(21)23-4/h5-6,9,12,20H,7-8,10-11H2,1-4H3. The molecule has 1 N–H and O–H groups in total. The zero-order valence-electron chi connectivity index (χ0n) is 15.1. The maximum absolute atomic E-state index is 12.1. The molecule has 7 nitrogen and oxygen atoms in total. The molecule has 0 radical (unpaired) electrons. The van der Waals surface area contributed by atoms with Gasteiger partial charge < -0.3 is 24.2 Å². The van der Waals surface area contributed by atoms with E-state index in [1.807, 2.05) is 20.8 Å². The van der Waals surface area contributed by atoms with Crippen molar-refractivity contribution < 1.29 is 28.9 Å². The second-order valence-corrected chi connectivity index (χ2v) is 7.06. The van der Waals surface area contributed by atoms with Crippen LogP contribution in [0.25, 0.3) is 0 Å². The van der Waals surface area contributed by atoms with Gasteiger partial charge in [-0.1, -0.05) is 0 Å². The molecule has 1 saturated heterocycles. The van der Waals surface area contributed by atoms with Crippen LogP contribution < -0.4 is 4.74 Å². The van der Waals surface area contributed by atoms with Crippen LogP contribution in [0.15, 0.2) is 18.2 Å². The molecule has 7 heteroatoms. The number of carbonyl (C=O) groups is 2. The average molecular weight is 351 g/mol. The molecule has 1 unspecified atom stereocenters. The molecule has 1 heterocycles. The predicted molar refractivity (Wildman–Crippen MR) is 90.9 cm³/mol. The molecule has 1 aliphatic rings. The van der Waals surface area contributed by atoms with E-state index in [-0.39, 0.29) is 23.3 Å². The van der Waals surface area contributed by atoms with Gasteiger partial charge in [-0.05, 0) is 45.4 Å². The van der Waals surface area contributed by atoms with Gasteiger partial charge in [0, 0.05) is 19.0 Å². The molecule has 1 amide bonds. The summed E-state index contributed by atoms with van der Waals surface area (Å²) in [5.74, 6) is -0.132. The molecule has 0 aromatic heterocycles. The lowest BCUT2D eigenvalue weighted by Gasteiger charge is -2.24. The Morgan fingerprint density at radius 2 is 2.04 bits per heavy atom. The number of amides is 1. The van der Waals surface area contributed by atoms with Gasteiger partial charge in [0.15, 0.2) is 0 Å². The van der Waals surface area contributed by atoms with Crippen LogP contribution in [0, 0.1) is 5.92 Å². The van der Waals surface area contributed by atoms with Crippen molar-refractivity contribution in [3.8, 4) is 11.5 Å². The molecule has 1 atom stereocenters. The highest BCUT2D eigenvalue weighted by Crippen LogP contribution is 2.25. The maximum Gasteiger partial charge on any atom is 0.410 e. The molecular formula is C18H25NO6. The van der Waals surface area contributed by atoms with Gasteiger partial charge in [0.1, 0.15) is 22.7 Å². The van der Waals surface area contributed by atoms with Crippen LogP contribution in [0.5, 0.6) is 11.5 Å². The normalized spacial score (nSPS) is 17.3. The second kappa shape index (κ2) is 7.63. The van der Waals surface area contributed by atoms with Gasteiger partial charge in [0.2, 0.25) is 0 Å². The van der Waals surface area contributed by atoms with Crippen LogP contribution in [-0.4, -0.2) is 54.5 Å². The fourth-order valence-electron chi connectivity index (χ4n) is 2.55. The highest BCUT2D eigenvalue weighted by atomic mass is 16.6. The molecule has 1 aliphatic heterocycles. The van der Waals surface area contributed by atoms with E-state index in [0.717, 1.165) is 6.42 Å². The van der Waals surface area contributed by atoms with E-state index in [9.17, 15) is 14.7 Å². The van der Waals surface area contributed by atoms with Gasteiger partial charge in [-0.2, -0.15) is 0 Å². The fraction of sp³-hybridized carbons (Fsp3) is 0.556. The number of rotatable bonds is 4. The monoisotopic (exact) mass is 351 g/mol. The Bertz CT molecular complexity index is 637. The molecule has 138 valence electrons. The van der Waals surface area contributed by atoms with Crippen molar-refractivity contribution in [1.82, 2.24) is 4.90 Å². The molecular weight excluding hydrogens is 326 g/mol. The van der Waals surface area contributed by atoms with Crippen LogP contribution in [-0.2, 0) is 9.47 Å². The topological polar surface area (TPSA) is 85.3 Å². The first kappa shape index (κ1) is 18.9.